The van der Waals surface area contributed by atoms with Crippen LogP contribution in [0.25, 0.3) is 10.1 Å². The van der Waals surface area contributed by atoms with Gasteiger partial charge < -0.3 is 10.1 Å². The zero-order chi connectivity index (χ0) is 9.38. The molecule has 14 heavy (non-hydrogen) atoms. The topological polar surface area (TPSA) is 34.1 Å². The van der Waals surface area contributed by atoms with E-state index in [0.29, 0.717) is 6.10 Å². The van der Waals surface area contributed by atoms with Gasteiger partial charge in [0.1, 0.15) is 11.9 Å². The van der Waals surface area contributed by atoms with Gasteiger partial charge in [-0.25, -0.2) is 0 Å². The molecule has 0 aliphatic carbocycles. The summed E-state index contributed by atoms with van der Waals surface area (Å²) in [6.45, 7) is 1.92. The maximum Gasteiger partial charge on any atom is 0.123 e. The molecule has 0 atom stereocenters. The molecule has 1 N–H and O–H groups in total. The third kappa shape index (κ3) is 1.36. The second kappa shape index (κ2) is 3.22. The lowest BCUT2D eigenvalue weighted by Crippen LogP contribution is -2.50. The minimum atomic E-state index is 0.346. The minimum Gasteiger partial charge on any atom is -0.488 e. The van der Waals surface area contributed by atoms with Gasteiger partial charge in [-0.2, -0.15) is 4.37 Å². The fraction of sp³-hybridized carbons (Fsp3) is 0.300. The molecule has 1 aliphatic heterocycles. The van der Waals surface area contributed by atoms with E-state index in [2.05, 4.69) is 21.8 Å². The summed E-state index contributed by atoms with van der Waals surface area (Å²) in [5.74, 6) is 0.948. The van der Waals surface area contributed by atoms with E-state index in [9.17, 15) is 0 Å². The Morgan fingerprint density at radius 2 is 2.36 bits per heavy atom. The van der Waals surface area contributed by atoms with Crippen molar-refractivity contribution in [3.63, 3.8) is 0 Å². The summed E-state index contributed by atoms with van der Waals surface area (Å²) in [5, 5.41) is 4.34. The van der Waals surface area contributed by atoms with Crippen LogP contribution in [0.5, 0.6) is 5.75 Å². The van der Waals surface area contributed by atoms with E-state index in [-0.39, 0.29) is 0 Å². The zero-order valence-corrected chi connectivity index (χ0v) is 8.38. The number of hydrogen-bond donors (Lipinski definition) is 1. The number of fused-ring (bicyclic) bond motifs is 1. The molecule has 0 amide bonds. The first-order chi connectivity index (χ1) is 6.92. The van der Waals surface area contributed by atoms with E-state index < -0.39 is 0 Å². The fourth-order valence-corrected chi connectivity index (χ4v) is 2.09. The molecule has 1 fully saturated rings. The Morgan fingerprint density at radius 1 is 1.43 bits per heavy atom. The standard InChI is InChI=1S/C10H10N2OS/c1-2-10-7(4-12-14-10)3-8(1)13-9-5-11-6-9/h1-4,9,11H,5-6H2. The molecule has 0 spiro atoms. The molecule has 72 valence electrons. The quantitative estimate of drug-likeness (QED) is 0.811. The molecule has 2 aromatic rings. The molecule has 0 radical (unpaired) electrons. The SMILES string of the molecule is c1cc2sncc2cc1OC1CNC1. The van der Waals surface area contributed by atoms with Gasteiger partial charge in [0, 0.05) is 24.7 Å². The van der Waals surface area contributed by atoms with Crippen LogP contribution in [-0.2, 0) is 0 Å². The van der Waals surface area contributed by atoms with E-state index >= 15 is 0 Å². The lowest BCUT2D eigenvalue weighted by molar-refractivity contribution is 0.142. The maximum atomic E-state index is 5.74. The molecule has 3 nitrogen and oxygen atoms in total. The molecule has 0 bridgehead atoms. The first-order valence-electron chi connectivity index (χ1n) is 4.64. The van der Waals surface area contributed by atoms with Crippen molar-refractivity contribution < 1.29 is 4.74 Å². The number of ether oxygens (including phenoxy) is 1. The Kier molecular flexibility index (Phi) is 1.89. The molecule has 1 aliphatic rings. The lowest BCUT2D eigenvalue weighted by atomic mass is 10.2. The van der Waals surface area contributed by atoms with Gasteiger partial charge in [-0.3, -0.25) is 0 Å². The van der Waals surface area contributed by atoms with Gasteiger partial charge >= 0.3 is 0 Å². The van der Waals surface area contributed by atoms with Crippen LogP contribution in [0.2, 0.25) is 0 Å². The molecule has 3 rings (SSSR count). The van der Waals surface area contributed by atoms with Gasteiger partial charge in [0.25, 0.3) is 0 Å². The van der Waals surface area contributed by atoms with Crippen LogP contribution in [0, 0.1) is 0 Å². The number of nitrogens with zero attached hydrogens (tertiary/aromatic N) is 1. The predicted molar refractivity (Wildman–Crippen MR) is 56.9 cm³/mol. The fourth-order valence-electron chi connectivity index (χ4n) is 1.46. The molecular weight excluding hydrogens is 196 g/mol. The van der Waals surface area contributed by atoms with Crippen LogP contribution in [0.1, 0.15) is 0 Å². The summed E-state index contributed by atoms with van der Waals surface area (Å²) in [7, 11) is 0. The first-order valence-corrected chi connectivity index (χ1v) is 5.41. The highest BCUT2D eigenvalue weighted by molar-refractivity contribution is 7.13. The summed E-state index contributed by atoms with van der Waals surface area (Å²) in [5.41, 5.74) is 0. The third-order valence-corrected chi connectivity index (χ3v) is 3.15. The van der Waals surface area contributed by atoms with Crippen LogP contribution in [0.3, 0.4) is 0 Å². The second-order valence-corrected chi connectivity index (χ2v) is 4.26. The Labute approximate surface area is 85.9 Å². The van der Waals surface area contributed by atoms with Gasteiger partial charge in [-0.05, 0) is 29.7 Å². The first kappa shape index (κ1) is 8.20. The average Bonchev–Trinajstić information content (AvgIpc) is 2.58. The van der Waals surface area contributed by atoms with Gasteiger partial charge in [-0.1, -0.05) is 0 Å². The molecule has 4 heteroatoms. The van der Waals surface area contributed by atoms with Crippen molar-refractivity contribution in [2.45, 2.75) is 6.10 Å². The Bertz CT molecular complexity index is 450. The average molecular weight is 206 g/mol. The molecule has 1 aromatic heterocycles. The van der Waals surface area contributed by atoms with Crippen molar-refractivity contribution in [3.8, 4) is 5.75 Å². The third-order valence-electron chi connectivity index (χ3n) is 2.37. The highest BCUT2D eigenvalue weighted by Crippen LogP contribution is 2.24. The summed E-state index contributed by atoms with van der Waals surface area (Å²) >= 11 is 1.52. The van der Waals surface area contributed by atoms with Gasteiger partial charge in [-0.15, -0.1) is 0 Å². The van der Waals surface area contributed by atoms with Crippen molar-refractivity contribution in [2.75, 3.05) is 13.1 Å². The highest BCUT2D eigenvalue weighted by atomic mass is 32.1. The van der Waals surface area contributed by atoms with Crippen molar-refractivity contribution in [1.82, 2.24) is 9.69 Å². The van der Waals surface area contributed by atoms with Gasteiger partial charge in [0.05, 0.1) is 4.70 Å². The van der Waals surface area contributed by atoms with E-state index in [1.54, 1.807) is 0 Å². The Balaban J connectivity index is 1.88. The van der Waals surface area contributed by atoms with Crippen molar-refractivity contribution >= 4 is 21.6 Å². The molecule has 0 saturated carbocycles. The summed E-state index contributed by atoms with van der Waals surface area (Å²) in [6, 6.07) is 6.13. The van der Waals surface area contributed by atoms with Crippen LogP contribution >= 0.6 is 11.5 Å². The number of rotatable bonds is 2. The van der Waals surface area contributed by atoms with E-state index in [1.807, 2.05) is 12.3 Å². The van der Waals surface area contributed by atoms with Crippen LogP contribution in [0.4, 0.5) is 0 Å². The summed E-state index contributed by atoms with van der Waals surface area (Å²) < 4.78 is 11.1. The Morgan fingerprint density at radius 3 is 3.14 bits per heavy atom. The lowest BCUT2D eigenvalue weighted by Gasteiger charge is -2.27. The molecular formula is C10H10N2OS. The highest BCUT2D eigenvalue weighted by Gasteiger charge is 2.18. The van der Waals surface area contributed by atoms with E-state index in [0.717, 1.165) is 18.8 Å². The monoisotopic (exact) mass is 206 g/mol. The number of aromatic nitrogens is 1. The number of benzene rings is 1. The molecule has 2 heterocycles. The molecule has 1 saturated heterocycles. The smallest absolute Gasteiger partial charge is 0.123 e. The van der Waals surface area contributed by atoms with Crippen LogP contribution < -0.4 is 10.1 Å². The Hall–Kier alpha value is -1.13. The van der Waals surface area contributed by atoms with Gasteiger partial charge in [0.2, 0.25) is 0 Å². The number of nitrogens with one attached hydrogen (secondary N) is 1. The normalized spacial score (nSPS) is 16.9. The maximum absolute atomic E-state index is 5.74. The van der Waals surface area contributed by atoms with Gasteiger partial charge in [0.15, 0.2) is 0 Å². The predicted octanol–water partition coefficient (Wildman–Crippen LogP) is 1.65. The zero-order valence-electron chi connectivity index (χ0n) is 7.56. The number of hydrogen-bond acceptors (Lipinski definition) is 4. The summed E-state index contributed by atoms with van der Waals surface area (Å²) in [4.78, 5) is 0. The molecule has 0 unspecified atom stereocenters. The van der Waals surface area contributed by atoms with Crippen molar-refractivity contribution in [2.24, 2.45) is 0 Å². The van der Waals surface area contributed by atoms with E-state index in [4.69, 9.17) is 4.74 Å². The second-order valence-electron chi connectivity index (χ2n) is 3.42. The van der Waals surface area contributed by atoms with Crippen LogP contribution in [-0.4, -0.2) is 23.6 Å². The van der Waals surface area contributed by atoms with Crippen LogP contribution in [0.15, 0.2) is 24.4 Å². The minimum absolute atomic E-state index is 0.346. The van der Waals surface area contributed by atoms with E-state index in [1.165, 1.54) is 21.6 Å². The molecule has 1 aromatic carbocycles. The van der Waals surface area contributed by atoms with Crippen molar-refractivity contribution in [1.29, 1.82) is 0 Å². The largest absolute Gasteiger partial charge is 0.488 e. The van der Waals surface area contributed by atoms with Crippen molar-refractivity contribution in [3.05, 3.63) is 24.4 Å². The summed E-state index contributed by atoms with van der Waals surface area (Å²) in [6.07, 6.45) is 2.23.